The van der Waals surface area contributed by atoms with Crippen LogP contribution in [0.15, 0.2) is 61.3 Å². The summed E-state index contributed by atoms with van der Waals surface area (Å²) in [5.74, 6) is 0.527. The van der Waals surface area contributed by atoms with Crippen molar-refractivity contribution >= 4 is 45.9 Å². The molecule has 2 heterocycles. The molecule has 1 atom stereocenters. The number of nitrogens with one attached hydrogen (secondary N) is 3. The molecule has 2 aliphatic carbocycles. The number of aromatic nitrogens is 3. The highest BCUT2D eigenvalue weighted by molar-refractivity contribution is 6.02. The Bertz CT molecular complexity index is 1810. The Kier molecular flexibility index (Phi) is 9.95. The van der Waals surface area contributed by atoms with Crippen LogP contribution in [0.1, 0.15) is 72.2 Å². The van der Waals surface area contributed by atoms with Crippen molar-refractivity contribution in [3.63, 3.8) is 0 Å². The fourth-order valence-electron chi connectivity index (χ4n) is 6.94. The fourth-order valence-corrected chi connectivity index (χ4v) is 6.94. The zero-order valence-corrected chi connectivity index (χ0v) is 28.4. The van der Waals surface area contributed by atoms with Crippen molar-refractivity contribution in [2.75, 3.05) is 56.9 Å². The predicted molar refractivity (Wildman–Crippen MR) is 192 cm³/mol. The standard InChI is InChI=1S/C37H46N8O3/c1-6-34(46)39-29-21-30(33(48-5)22-31(29)44(4)19-18-43(2)3)41-37-38-23-25-20-32(45(35(25)42-37)26-14-8-9-15-26)36(47)40-28-17-11-13-24-12-7-10-16-27(24)28/h6-7,10,12,16,20-23,26,28H,1,8-9,11,13-15,17-19H2,2-5H3,(H,39,46)(H,40,47)(H,38,41,42). The maximum Gasteiger partial charge on any atom is 0.268 e. The van der Waals surface area contributed by atoms with Crippen molar-refractivity contribution < 1.29 is 14.3 Å². The lowest BCUT2D eigenvalue weighted by Gasteiger charge is -2.27. The van der Waals surface area contributed by atoms with Crippen molar-refractivity contribution in [1.29, 1.82) is 0 Å². The van der Waals surface area contributed by atoms with Crippen LogP contribution in [0.2, 0.25) is 0 Å². The van der Waals surface area contributed by atoms with Gasteiger partial charge in [-0.25, -0.2) is 4.98 Å². The van der Waals surface area contributed by atoms with Gasteiger partial charge in [0.2, 0.25) is 11.9 Å². The Morgan fingerprint density at radius 2 is 1.83 bits per heavy atom. The van der Waals surface area contributed by atoms with E-state index in [0.29, 0.717) is 34.4 Å². The van der Waals surface area contributed by atoms with Crippen LogP contribution in [-0.4, -0.2) is 72.6 Å². The molecule has 2 aromatic heterocycles. The molecule has 48 heavy (non-hydrogen) atoms. The fraction of sp³-hybridized carbons (Fsp3) is 0.405. The number of amides is 2. The van der Waals surface area contributed by atoms with Crippen LogP contribution >= 0.6 is 0 Å². The lowest BCUT2D eigenvalue weighted by atomic mass is 9.87. The van der Waals surface area contributed by atoms with Gasteiger partial charge < -0.3 is 35.1 Å². The molecule has 11 heteroatoms. The molecule has 6 rings (SSSR count). The molecule has 11 nitrogen and oxygen atoms in total. The number of benzene rings is 2. The van der Waals surface area contributed by atoms with Gasteiger partial charge in [0.1, 0.15) is 17.1 Å². The molecule has 3 N–H and O–H groups in total. The largest absolute Gasteiger partial charge is 0.494 e. The van der Waals surface area contributed by atoms with E-state index in [1.807, 2.05) is 45.4 Å². The molecule has 2 aromatic carbocycles. The molecule has 2 amide bonds. The van der Waals surface area contributed by atoms with Gasteiger partial charge in [0.25, 0.3) is 5.91 Å². The Balaban J connectivity index is 1.34. The number of hydrogen-bond donors (Lipinski definition) is 3. The maximum absolute atomic E-state index is 14.0. The van der Waals surface area contributed by atoms with Crippen LogP contribution in [-0.2, 0) is 11.2 Å². The Hall–Kier alpha value is -4.90. The van der Waals surface area contributed by atoms with Gasteiger partial charge in [-0.15, -0.1) is 0 Å². The third-order valence-electron chi connectivity index (χ3n) is 9.47. The number of anilines is 4. The van der Waals surface area contributed by atoms with Gasteiger partial charge in [-0.05, 0) is 75.5 Å². The van der Waals surface area contributed by atoms with E-state index in [0.717, 1.165) is 69.1 Å². The Morgan fingerprint density at radius 1 is 1.04 bits per heavy atom. The number of nitrogens with zero attached hydrogens (tertiary/aromatic N) is 5. The first-order valence-corrected chi connectivity index (χ1v) is 16.8. The molecule has 252 valence electrons. The van der Waals surface area contributed by atoms with Gasteiger partial charge in [0.15, 0.2) is 0 Å². The van der Waals surface area contributed by atoms with Crippen LogP contribution in [0.5, 0.6) is 5.75 Å². The number of fused-ring (bicyclic) bond motifs is 2. The zero-order valence-electron chi connectivity index (χ0n) is 28.4. The average molecular weight is 651 g/mol. The molecule has 1 saturated carbocycles. The van der Waals surface area contributed by atoms with E-state index < -0.39 is 0 Å². The number of rotatable bonds is 12. The van der Waals surface area contributed by atoms with E-state index in [1.165, 1.54) is 17.2 Å². The monoisotopic (exact) mass is 650 g/mol. The average Bonchev–Trinajstić information content (AvgIpc) is 3.75. The van der Waals surface area contributed by atoms with Gasteiger partial charge >= 0.3 is 0 Å². The normalized spacial score (nSPS) is 16.1. The van der Waals surface area contributed by atoms with Crippen LogP contribution in [0.4, 0.5) is 23.0 Å². The SMILES string of the molecule is C=CC(=O)Nc1cc(Nc2ncc3cc(C(=O)NC4CCCc5ccccc54)n(C4CCCC4)c3n2)c(OC)cc1N(C)CCN(C)C. The van der Waals surface area contributed by atoms with Crippen LogP contribution in [0.25, 0.3) is 11.0 Å². The highest BCUT2D eigenvalue weighted by Gasteiger charge is 2.29. The van der Waals surface area contributed by atoms with Crippen molar-refractivity contribution in [1.82, 2.24) is 24.8 Å². The number of methoxy groups -OCH3 is 1. The minimum absolute atomic E-state index is 0.0195. The number of ether oxygens (including phenoxy) is 1. The molecule has 0 spiro atoms. The van der Waals surface area contributed by atoms with E-state index in [2.05, 4.69) is 60.1 Å². The first-order chi connectivity index (χ1) is 23.2. The summed E-state index contributed by atoms with van der Waals surface area (Å²) in [6.07, 6.45) is 10.2. The zero-order chi connectivity index (χ0) is 33.8. The molecule has 0 bridgehead atoms. The molecular formula is C37H46N8O3. The van der Waals surface area contributed by atoms with Crippen LogP contribution in [0, 0.1) is 0 Å². The first-order valence-electron chi connectivity index (χ1n) is 16.8. The number of likely N-dealkylation sites (N-methyl/N-ethyl adjacent to an activating group) is 2. The number of carbonyl (C=O) groups excluding carboxylic acids is 2. The van der Waals surface area contributed by atoms with Crippen molar-refractivity contribution in [2.45, 2.75) is 57.0 Å². The first kappa shape index (κ1) is 33.0. The quantitative estimate of drug-likeness (QED) is 0.155. The van der Waals surface area contributed by atoms with Gasteiger partial charge in [0.05, 0.1) is 30.2 Å². The summed E-state index contributed by atoms with van der Waals surface area (Å²) in [5.41, 5.74) is 5.84. The molecular weight excluding hydrogens is 604 g/mol. The molecule has 4 aromatic rings. The number of hydrogen-bond acceptors (Lipinski definition) is 8. The summed E-state index contributed by atoms with van der Waals surface area (Å²) in [6.45, 7) is 5.18. The highest BCUT2D eigenvalue weighted by atomic mass is 16.5. The third-order valence-corrected chi connectivity index (χ3v) is 9.47. The van der Waals surface area contributed by atoms with Crippen molar-refractivity contribution in [2.24, 2.45) is 0 Å². The highest BCUT2D eigenvalue weighted by Crippen LogP contribution is 2.39. The van der Waals surface area contributed by atoms with Gasteiger partial charge in [-0.3, -0.25) is 9.59 Å². The Morgan fingerprint density at radius 3 is 2.58 bits per heavy atom. The lowest BCUT2D eigenvalue weighted by Crippen LogP contribution is -2.32. The van der Waals surface area contributed by atoms with E-state index >= 15 is 0 Å². The van der Waals surface area contributed by atoms with Crippen molar-refractivity contribution in [3.8, 4) is 5.75 Å². The van der Waals surface area contributed by atoms with Gasteiger partial charge in [-0.2, -0.15) is 4.98 Å². The van der Waals surface area contributed by atoms with Crippen molar-refractivity contribution in [3.05, 3.63) is 78.1 Å². The molecule has 0 aliphatic heterocycles. The number of aryl methyl sites for hydroxylation is 1. The smallest absolute Gasteiger partial charge is 0.268 e. The van der Waals surface area contributed by atoms with Gasteiger partial charge in [0, 0.05) is 43.8 Å². The minimum atomic E-state index is -0.317. The topological polar surface area (TPSA) is 117 Å². The summed E-state index contributed by atoms with van der Waals surface area (Å²) < 4.78 is 7.92. The molecule has 2 aliphatic rings. The van der Waals surface area contributed by atoms with Gasteiger partial charge in [-0.1, -0.05) is 43.7 Å². The van der Waals surface area contributed by atoms with E-state index in [9.17, 15) is 9.59 Å². The second-order valence-corrected chi connectivity index (χ2v) is 13.0. The van der Waals surface area contributed by atoms with Crippen LogP contribution in [0.3, 0.4) is 0 Å². The van der Waals surface area contributed by atoms with Crippen LogP contribution < -0.4 is 25.6 Å². The third kappa shape index (κ3) is 7.01. The number of carbonyl (C=O) groups is 2. The summed E-state index contributed by atoms with van der Waals surface area (Å²) in [7, 11) is 7.63. The minimum Gasteiger partial charge on any atom is -0.494 e. The lowest BCUT2D eigenvalue weighted by molar-refractivity contribution is -0.111. The second-order valence-electron chi connectivity index (χ2n) is 13.0. The Labute approximate surface area is 282 Å². The maximum atomic E-state index is 14.0. The molecule has 0 saturated heterocycles. The molecule has 0 radical (unpaired) electrons. The van der Waals surface area contributed by atoms with E-state index in [1.54, 1.807) is 13.3 Å². The molecule has 1 fully saturated rings. The summed E-state index contributed by atoms with van der Waals surface area (Å²) in [5, 5.41) is 10.4. The summed E-state index contributed by atoms with van der Waals surface area (Å²) in [4.78, 5) is 40.2. The second kappa shape index (κ2) is 14.5. The summed E-state index contributed by atoms with van der Waals surface area (Å²) in [6, 6.07) is 14.2. The van der Waals surface area contributed by atoms with E-state index in [4.69, 9.17) is 9.72 Å². The summed E-state index contributed by atoms with van der Waals surface area (Å²) >= 11 is 0. The van der Waals surface area contributed by atoms with E-state index in [-0.39, 0.29) is 23.9 Å². The molecule has 1 unspecified atom stereocenters. The predicted octanol–water partition coefficient (Wildman–Crippen LogP) is 6.23.